The molecule has 1 aromatic carbocycles. The van der Waals surface area contributed by atoms with Crippen LogP contribution >= 0.6 is 0 Å². The van der Waals surface area contributed by atoms with Crippen LogP contribution in [0.15, 0.2) is 30.3 Å². The zero-order valence-corrected chi connectivity index (χ0v) is 17.7. The molecule has 1 aromatic heterocycles. The van der Waals surface area contributed by atoms with E-state index >= 15 is 0 Å². The fourth-order valence-corrected chi connectivity index (χ4v) is 2.94. The van der Waals surface area contributed by atoms with Gasteiger partial charge >= 0.3 is 23.9 Å². The molecule has 0 fully saturated rings. The minimum Gasteiger partial charge on any atom is -0.469 e. The first kappa shape index (κ1) is 23.7. The van der Waals surface area contributed by atoms with E-state index in [1.54, 1.807) is 0 Å². The molecule has 0 aliphatic heterocycles. The standard InChI is InChI=1S/C22H25NO8/c1-14(24)30-13-18-17(11-20(26)29-3)16(9-10-19(25)28-2)21(23-18)22(27)31-12-15-7-5-4-6-8-15/h4-8,23H,9-13H2,1-3H3. The highest BCUT2D eigenvalue weighted by atomic mass is 16.5. The Morgan fingerprint density at radius 1 is 0.871 bits per heavy atom. The molecule has 166 valence electrons. The van der Waals surface area contributed by atoms with Gasteiger partial charge in [0.25, 0.3) is 0 Å². The number of esters is 4. The van der Waals surface area contributed by atoms with E-state index in [-0.39, 0.29) is 38.2 Å². The van der Waals surface area contributed by atoms with Gasteiger partial charge < -0.3 is 23.9 Å². The van der Waals surface area contributed by atoms with Crippen molar-refractivity contribution in [3.05, 3.63) is 58.4 Å². The second-order valence-electron chi connectivity index (χ2n) is 6.61. The van der Waals surface area contributed by atoms with Crippen molar-refractivity contribution in [3.63, 3.8) is 0 Å². The number of benzene rings is 1. The average Bonchev–Trinajstić information content (AvgIpc) is 3.11. The predicted octanol–water partition coefficient (Wildman–Crippen LogP) is 2.26. The fraction of sp³-hybridized carbons (Fsp3) is 0.364. The van der Waals surface area contributed by atoms with Gasteiger partial charge in [-0.25, -0.2) is 4.79 Å². The van der Waals surface area contributed by atoms with Gasteiger partial charge in [0.2, 0.25) is 0 Å². The molecule has 0 aliphatic carbocycles. The van der Waals surface area contributed by atoms with Crippen molar-refractivity contribution in [2.24, 2.45) is 0 Å². The van der Waals surface area contributed by atoms with E-state index in [1.807, 2.05) is 30.3 Å². The maximum absolute atomic E-state index is 12.8. The number of ether oxygens (including phenoxy) is 4. The monoisotopic (exact) mass is 431 g/mol. The first-order valence-corrected chi connectivity index (χ1v) is 9.56. The van der Waals surface area contributed by atoms with Gasteiger partial charge in [-0.05, 0) is 23.1 Å². The van der Waals surface area contributed by atoms with Crippen molar-refractivity contribution in [3.8, 4) is 0 Å². The summed E-state index contributed by atoms with van der Waals surface area (Å²) < 4.78 is 19.9. The molecule has 0 radical (unpaired) electrons. The highest BCUT2D eigenvalue weighted by Gasteiger charge is 2.26. The molecule has 0 unspecified atom stereocenters. The maximum atomic E-state index is 12.8. The van der Waals surface area contributed by atoms with Crippen LogP contribution < -0.4 is 0 Å². The van der Waals surface area contributed by atoms with E-state index in [1.165, 1.54) is 21.1 Å². The number of carbonyl (C=O) groups is 4. The lowest BCUT2D eigenvalue weighted by Gasteiger charge is -2.08. The summed E-state index contributed by atoms with van der Waals surface area (Å²) in [6, 6.07) is 9.13. The lowest BCUT2D eigenvalue weighted by Crippen LogP contribution is -2.12. The van der Waals surface area contributed by atoms with Gasteiger partial charge in [-0.15, -0.1) is 0 Å². The van der Waals surface area contributed by atoms with Crippen LogP contribution in [-0.4, -0.2) is 43.1 Å². The molecule has 0 saturated carbocycles. The Morgan fingerprint density at radius 3 is 2.16 bits per heavy atom. The summed E-state index contributed by atoms with van der Waals surface area (Å²) in [6.45, 7) is 1.11. The largest absolute Gasteiger partial charge is 0.469 e. The molecule has 1 N–H and O–H groups in total. The van der Waals surface area contributed by atoms with Gasteiger partial charge in [0, 0.05) is 13.3 Å². The third kappa shape index (κ3) is 6.98. The van der Waals surface area contributed by atoms with E-state index in [9.17, 15) is 19.2 Å². The molecule has 9 heteroatoms. The summed E-state index contributed by atoms with van der Waals surface area (Å²) in [5, 5.41) is 0. The molecular weight excluding hydrogens is 406 g/mol. The second kappa shape index (κ2) is 11.5. The van der Waals surface area contributed by atoms with Crippen LogP contribution in [0.5, 0.6) is 0 Å². The zero-order chi connectivity index (χ0) is 22.8. The van der Waals surface area contributed by atoms with Gasteiger partial charge in [-0.1, -0.05) is 30.3 Å². The van der Waals surface area contributed by atoms with Crippen LogP contribution in [0.3, 0.4) is 0 Å². The lowest BCUT2D eigenvalue weighted by molar-refractivity contribution is -0.142. The quantitative estimate of drug-likeness (QED) is 0.449. The second-order valence-corrected chi connectivity index (χ2v) is 6.61. The van der Waals surface area contributed by atoms with E-state index in [0.29, 0.717) is 16.8 Å². The molecule has 0 aliphatic rings. The minimum atomic E-state index is -0.663. The smallest absolute Gasteiger partial charge is 0.355 e. The van der Waals surface area contributed by atoms with Crippen LogP contribution in [-0.2, 0) is 59.4 Å². The van der Waals surface area contributed by atoms with Crippen LogP contribution in [0.1, 0.15) is 46.2 Å². The number of nitrogens with one attached hydrogen (secondary N) is 1. The SMILES string of the molecule is COC(=O)CCc1c(C(=O)OCc2ccccc2)[nH]c(COC(C)=O)c1CC(=O)OC. The highest BCUT2D eigenvalue weighted by molar-refractivity contribution is 5.91. The maximum Gasteiger partial charge on any atom is 0.355 e. The number of aromatic nitrogens is 1. The average molecular weight is 431 g/mol. The summed E-state index contributed by atoms with van der Waals surface area (Å²) >= 11 is 0. The molecule has 0 saturated heterocycles. The number of rotatable bonds is 10. The number of aromatic amines is 1. The fourth-order valence-electron chi connectivity index (χ4n) is 2.94. The van der Waals surface area contributed by atoms with Gasteiger partial charge in [-0.2, -0.15) is 0 Å². The van der Waals surface area contributed by atoms with Gasteiger partial charge in [0.1, 0.15) is 18.9 Å². The number of methoxy groups -OCH3 is 2. The van der Waals surface area contributed by atoms with Crippen molar-refractivity contribution in [1.29, 1.82) is 0 Å². The Kier molecular flexibility index (Phi) is 8.80. The molecule has 9 nitrogen and oxygen atoms in total. The normalized spacial score (nSPS) is 10.3. The predicted molar refractivity (Wildman–Crippen MR) is 108 cm³/mol. The number of hydrogen-bond acceptors (Lipinski definition) is 8. The topological polar surface area (TPSA) is 121 Å². The summed E-state index contributed by atoms with van der Waals surface area (Å²) in [5.74, 6) is -2.21. The summed E-state index contributed by atoms with van der Waals surface area (Å²) in [6.07, 6.45) is -0.0775. The highest BCUT2D eigenvalue weighted by Crippen LogP contribution is 2.24. The van der Waals surface area contributed by atoms with E-state index in [2.05, 4.69) is 9.72 Å². The molecule has 0 amide bonds. The van der Waals surface area contributed by atoms with Gasteiger partial charge in [0.05, 0.1) is 26.3 Å². The van der Waals surface area contributed by atoms with Gasteiger partial charge in [-0.3, -0.25) is 14.4 Å². The third-order valence-corrected chi connectivity index (χ3v) is 4.50. The number of hydrogen-bond donors (Lipinski definition) is 1. The van der Waals surface area contributed by atoms with Crippen molar-refractivity contribution in [1.82, 2.24) is 4.98 Å². The molecule has 0 spiro atoms. The first-order chi connectivity index (χ1) is 14.8. The molecule has 0 atom stereocenters. The van der Waals surface area contributed by atoms with E-state index in [0.717, 1.165) is 5.56 Å². The van der Waals surface area contributed by atoms with Crippen molar-refractivity contribution < 1.29 is 38.1 Å². The van der Waals surface area contributed by atoms with Crippen LogP contribution in [0, 0.1) is 0 Å². The molecule has 2 rings (SSSR count). The van der Waals surface area contributed by atoms with Crippen molar-refractivity contribution in [2.45, 2.75) is 39.4 Å². The summed E-state index contributed by atoms with van der Waals surface area (Å²) in [4.78, 5) is 50.6. The number of carbonyl (C=O) groups excluding carboxylic acids is 4. The number of H-pyrrole nitrogens is 1. The van der Waals surface area contributed by atoms with Gasteiger partial charge in [0.15, 0.2) is 0 Å². The summed E-state index contributed by atoms with van der Waals surface area (Å²) in [7, 11) is 2.50. The van der Waals surface area contributed by atoms with Crippen LogP contribution in [0.4, 0.5) is 0 Å². The molecule has 2 aromatic rings. The third-order valence-electron chi connectivity index (χ3n) is 4.50. The Bertz CT molecular complexity index is 932. The van der Waals surface area contributed by atoms with E-state index in [4.69, 9.17) is 14.2 Å². The Balaban J connectivity index is 2.37. The Morgan fingerprint density at radius 2 is 1.55 bits per heavy atom. The Labute approximate surface area is 179 Å². The lowest BCUT2D eigenvalue weighted by atomic mass is 10.0. The van der Waals surface area contributed by atoms with Crippen molar-refractivity contribution >= 4 is 23.9 Å². The van der Waals surface area contributed by atoms with E-state index < -0.39 is 23.9 Å². The molecular formula is C22H25NO8. The van der Waals surface area contributed by atoms with Crippen LogP contribution in [0.2, 0.25) is 0 Å². The molecule has 0 bridgehead atoms. The minimum absolute atomic E-state index is 0.0193. The first-order valence-electron chi connectivity index (χ1n) is 9.56. The van der Waals surface area contributed by atoms with Crippen molar-refractivity contribution in [2.75, 3.05) is 14.2 Å². The summed E-state index contributed by atoms with van der Waals surface area (Å²) in [5.41, 5.74) is 2.07. The zero-order valence-electron chi connectivity index (χ0n) is 17.7. The Hall–Kier alpha value is -3.62. The van der Waals surface area contributed by atoms with Crippen LogP contribution in [0.25, 0.3) is 0 Å². The molecule has 1 heterocycles. The molecule has 31 heavy (non-hydrogen) atoms.